The normalized spacial score (nSPS) is 18.1. The van der Waals surface area contributed by atoms with Gasteiger partial charge in [-0.05, 0) is 49.1 Å². The monoisotopic (exact) mass is 473 g/mol. The topological polar surface area (TPSA) is 72.3 Å². The van der Waals surface area contributed by atoms with Crippen molar-refractivity contribution in [3.63, 3.8) is 0 Å². The van der Waals surface area contributed by atoms with Crippen LogP contribution in [0.5, 0.6) is 0 Å². The molecule has 1 amide bonds. The zero-order valence-electron chi connectivity index (χ0n) is 19.2. The van der Waals surface area contributed by atoms with Crippen LogP contribution < -0.4 is 10.2 Å². The number of morpholine rings is 1. The van der Waals surface area contributed by atoms with Crippen LogP contribution in [-0.2, 0) is 11.3 Å². The van der Waals surface area contributed by atoms with Crippen LogP contribution in [0.2, 0.25) is 0 Å². The molecule has 0 saturated carbocycles. The van der Waals surface area contributed by atoms with E-state index < -0.39 is 0 Å². The number of carbonyl (C=O) groups excluding carboxylic acids is 1. The lowest BCUT2D eigenvalue weighted by Crippen LogP contribution is -2.45. The number of hydrogen-bond donors (Lipinski definition) is 1. The maximum Gasteiger partial charge on any atom is 0.255 e. The third-order valence-electron chi connectivity index (χ3n) is 5.74. The standard InChI is InChI=1S/C26H27N5O2S/c1-18-15-30(16-19(2)33-18)24-11-10-20(13-27-24)14-28-26(32)22-17-31(21-7-4-3-5-8-21)29-25(22)23-9-6-12-34-23/h3-13,17-19H,14-16H2,1-2H3,(H,28,32). The summed E-state index contributed by atoms with van der Waals surface area (Å²) in [5.74, 6) is 0.770. The first kappa shape index (κ1) is 22.3. The SMILES string of the molecule is CC1CN(c2ccc(CNC(=O)c3cn(-c4ccccc4)nc3-c3cccs3)cn2)CC(C)O1. The first-order chi connectivity index (χ1) is 16.6. The molecule has 0 bridgehead atoms. The summed E-state index contributed by atoms with van der Waals surface area (Å²) in [7, 11) is 0. The minimum atomic E-state index is -0.162. The average Bonchev–Trinajstić information content (AvgIpc) is 3.53. The van der Waals surface area contributed by atoms with Crippen molar-refractivity contribution in [2.24, 2.45) is 0 Å². The third-order valence-corrected chi connectivity index (χ3v) is 6.62. The first-order valence-electron chi connectivity index (χ1n) is 11.4. The van der Waals surface area contributed by atoms with Crippen molar-refractivity contribution >= 4 is 23.1 Å². The number of para-hydroxylation sites is 1. The van der Waals surface area contributed by atoms with Crippen LogP contribution in [0, 0.1) is 0 Å². The highest BCUT2D eigenvalue weighted by Gasteiger charge is 2.23. The smallest absolute Gasteiger partial charge is 0.255 e. The van der Waals surface area contributed by atoms with E-state index in [0.717, 1.165) is 35.0 Å². The van der Waals surface area contributed by atoms with E-state index in [1.807, 2.05) is 66.2 Å². The molecule has 3 aromatic heterocycles. The number of aromatic nitrogens is 3. The fourth-order valence-corrected chi connectivity index (χ4v) is 4.92. The minimum absolute atomic E-state index is 0.162. The Morgan fingerprint density at radius 2 is 1.88 bits per heavy atom. The zero-order valence-corrected chi connectivity index (χ0v) is 20.0. The van der Waals surface area contributed by atoms with Crippen molar-refractivity contribution in [2.45, 2.75) is 32.6 Å². The number of hydrogen-bond acceptors (Lipinski definition) is 6. The molecule has 1 N–H and O–H groups in total. The predicted octanol–water partition coefficient (Wildman–Crippen LogP) is 4.54. The molecule has 4 aromatic rings. The van der Waals surface area contributed by atoms with Crippen molar-refractivity contribution in [3.05, 3.63) is 83.5 Å². The quantitative estimate of drug-likeness (QED) is 0.445. The van der Waals surface area contributed by atoms with Crippen molar-refractivity contribution < 1.29 is 9.53 Å². The molecule has 0 spiro atoms. The molecule has 174 valence electrons. The van der Waals surface area contributed by atoms with Gasteiger partial charge in [0.15, 0.2) is 0 Å². The van der Waals surface area contributed by atoms with Gasteiger partial charge >= 0.3 is 0 Å². The van der Waals surface area contributed by atoms with Crippen LogP contribution in [0.4, 0.5) is 5.82 Å². The summed E-state index contributed by atoms with van der Waals surface area (Å²) >= 11 is 1.57. The number of nitrogens with zero attached hydrogens (tertiary/aromatic N) is 4. The number of ether oxygens (including phenoxy) is 1. The lowest BCUT2D eigenvalue weighted by molar-refractivity contribution is -0.00546. The molecule has 2 atom stereocenters. The summed E-state index contributed by atoms with van der Waals surface area (Å²) in [6.45, 7) is 6.20. The van der Waals surface area contributed by atoms with E-state index in [4.69, 9.17) is 9.84 Å². The summed E-state index contributed by atoms with van der Waals surface area (Å²) in [5, 5.41) is 9.73. The number of nitrogens with one attached hydrogen (secondary N) is 1. The van der Waals surface area contributed by atoms with E-state index in [9.17, 15) is 4.79 Å². The minimum Gasteiger partial charge on any atom is -0.372 e. The summed E-state index contributed by atoms with van der Waals surface area (Å²) in [6.07, 6.45) is 3.98. The van der Waals surface area contributed by atoms with Gasteiger partial charge < -0.3 is 15.0 Å². The molecule has 4 heterocycles. The number of rotatable bonds is 6. The van der Waals surface area contributed by atoms with Gasteiger partial charge in [0.1, 0.15) is 11.5 Å². The molecule has 1 aliphatic rings. The second-order valence-corrected chi connectivity index (χ2v) is 9.47. The van der Waals surface area contributed by atoms with Crippen LogP contribution in [0.25, 0.3) is 16.3 Å². The second-order valence-electron chi connectivity index (χ2n) is 8.52. The molecule has 8 heteroatoms. The Morgan fingerprint density at radius 3 is 2.56 bits per heavy atom. The van der Waals surface area contributed by atoms with Gasteiger partial charge in [-0.2, -0.15) is 5.10 Å². The molecule has 34 heavy (non-hydrogen) atoms. The number of anilines is 1. The van der Waals surface area contributed by atoms with Crippen LogP contribution >= 0.6 is 11.3 Å². The van der Waals surface area contributed by atoms with E-state index >= 15 is 0 Å². The van der Waals surface area contributed by atoms with Crippen LogP contribution in [-0.4, -0.2) is 46.0 Å². The highest BCUT2D eigenvalue weighted by Crippen LogP contribution is 2.28. The lowest BCUT2D eigenvalue weighted by atomic mass is 10.2. The maximum absolute atomic E-state index is 13.2. The van der Waals surface area contributed by atoms with Gasteiger partial charge in [0.05, 0.1) is 28.3 Å². The molecule has 7 nitrogen and oxygen atoms in total. The van der Waals surface area contributed by atoms with Crippen molar-refractivity contribution in [1.29, 1.82) is 0 Å². The fraction of sp³-hybridized carbons (Fsp3) is 0.269. The zero-order chi connectivity index (χ0) is 23.5. The van der Waals surface area contributed by atoms with Gasteiger partial charge in [-0.3, -0.25) is 4.79 Å². The Bertz CT molecular complexity index is 1230. The van der Waals surface area contributed by atoms with E-state index in [2.05, 4.69) is 29.0 Å². The third kappa shape index (κ3) is 4.88. The van der Waals surface area contributed by atoms with Crippen LogP contribution in [0.15, 0.2) is 72.4 Å². The molecule has 1 saturated heterocycles. The highest BCUT2D eigenvalue weighted by atomic mass is 32.1. The van der Waals surface area contributed by atoms with E-state index in [1.165, 1.54) is 0 Å². The fourth-order valence-electron chi connectivity index (χ4n) is 4.20. The highest BCUT2D eigenvalue weighted by molar-refractivity contribution is 7.13. The van der Waals surface area contributed by atoms with E-state index in [0.29, 0.717) is 17.8 Å². The molecule has 1 aliphatic heterocycles. The van der Waals surface area contributed by atoms with Gasteiger partial charge in [0.2, 0.25) is 0 Å². The molecule has 1 fully saturated rings. The Labute approximate surface area is 203 Å². The Kier molecular flexibility index (Phi) is 6.42. The number of pyridine rings is 1. The number of benzene rings is 1. The summed E-state index contributed by atoms with van der Waals surface area (Å²) in [4.78, 5) is 21.0. The Balaban J connectivity index is 1.30. The molecule has 5 rings (SSSR count). The Hall–Kier alpha value is -3.49. The van der Waals surface area contributed by atoms with Crippen molar-refractivity contribution in [3.8, 4) is 16.3 Å². The van der Waals surface area contributed by atoms with Crippen molar-refractivity contribution in [2.75, 3.05) is 18.0 Å². The predicted molar refractivity (Wildman–Crippen MR) is 135 cm³/mol. The number of thiophene rings is 1. The van der Waals surface area contributed by atoms with E-state index in [1.54, 1.807) is 22.2 Å². The van der Waals surface area contributed by atoms with Gasteiger partial charge in [-0.15, -0.1) is 11.3 Å². The van der Waals surface area contributed by atoms with Gasteiger partial charge in [0.25, 0.3) is 5.91 Å². The van der Waals surface area contributed by atoms with Gasteiger partial charge in [0, 0.05) is 32.0 Å². The summed E-state index contributed by atoms with van der Waals surface area (Å²) < 4.78 is 7.57. The maximum atomic E-state index is 13.2. The van der Waals surface area contributed by atoms with Gasteiger partial charge in [-0.1, -0.05) is 30.3 Å². The lowest BCUT2D eigenvalue weighted by Gasteiger charge is -2.36. The Morgan fingerprint density at radius 1 is 1.09 bits per heavy atom. The molecule has 0 radical (unpaired) electrons. The second kappa shape index (κ2) is 9.79. The molecule has 0 aliphatic carbocycles. The molecule has 2 unspecified atom stereocenters. The van der Waals surface area contributed by atoms with Gasteiger partial charge in [-0.25, -0.2) is 9.67 Å². The number of carbonyl (C=O) groups is 1. The molecular formula is C26H27N5O2S. The first-order valence-corrected chi connectivity index (χ1v) is 12.3. The summed E-state index contributed by atoms with van der Waals surface area (Å²) in [6, 6.07) is 17.8. The van der Waals surface area contributed by atoms with Crippen LogP contribution in [0.1, 0.15) is 29.8 Å². The van der Waals surface area contributed by atoms with Crippen LogP contribution in [0.3, 0.4) is 0 Å². The largest absolute Gasteiger partial charge is 0.372 e. The molecular weight excluding hydrogens is 446 g/mol. The molecule has 1 aromatic carbocycles. The average molecular weight is 474 g/mol. The summed E-state index contributed by atoms with van der Waals surface area (Å²) in [5.41, 5.74) is 3.08. The van der Waals surface area contributed by atoms with E-state index in [-0.39, 0.29) is 18.1 Å². The number of amides is 1. The van der Waals surface area contributed by atoms with Crippen molar-refractivity contribution in [1.82, 2.24) is 20.1 Å².